The molecule has 37 heavy (non-hydrogen) atoms. The van der Waals surface area contributed by atoms with Crippen molar-refractivity contribution in [2.75, 3.05) is 18.5 Å². The summed E-state index contributed by atoms with van der Waals surface area (Å²) in [6, 6.07) is 25.2. The Morgan fingerprint density at radius 3 is 2.19 bits per heavy atom. The third-order valence-corrected chi connectivity index (χ3v) is 6.86. The van der Waals surface area contributed by atoms with E-state index in [9.17, 15) is 19.5 Å². The van der Waals surface area contributed by atoms with E-state index in [1.54, 1.807) is 0 Å². The summed E-state index contributed by atoms with van der Waals surface area (Å²) < 4.78 is 5.54. The van der Waals surface area contributed by atoms with Gasteiger partial charge in [0.1, 0.15) is 18.8 Å². The zero-order chi connectivity index (χ0) is 25.8. The Labute approximate surface area is 217 Å². The molecule has 4 aromatic rings. The van der Waals surface area contributed by atoms with E-state index in [2.05, 4.69) is 22.4 Å². The zero-order valence-corrected chi connectivity index (χ0v) is 20.5. The largest absolute Gasteiger partial charge is 0.480 e. The maximum atomic E-state index is 13.0. The number of fused-ring (bicyclic) bond motifs is 3. The Bertz CT molecular complexity index is 1410. The van der Waals surface area contributed by atoms with Crippen molar-refractivity contribution < 1.29 is 24.2 Å². The Morgan fingerprint density at radius 1 is 0.919 bits per heavy atom. The highest BCUT2D eigenvalue weighted by molar-refractivity contribution is 7.14. The number of thiazole rings is 1. The summed E-state index contributed by atoms with van der Waals surface area (Å²) >= 11 is 1.07. The van der Waals surface area contributed by atoms with Crippen LogP contribution < -0.4 is 5.32 Å². The van der Waals surface area contributed by atoms with E-state index < -0.39 is 24.5 Å². The molecule has 2 amide bonds. The topological polar surface area (TPSA) is 109 Å². The predicted molar refractivity (Wildman–Crippen MR) is 140 cm³/mol. The molecule has 1 aliphatic carbocycles. The number of ether oxygens (including phenoxy) is 1. The summed E-state index contributed by atoms with van der Waals surface area (Å²) in [7, 11) is 0. The van der Waals surface area contributed by atoms with Crippen LogP contribution in [0.5, 0.6) is 0 Å². The Balaban J connectivity index is 1.23. The number of carbonyl (C=O) groups is 3. The lowest BCUT2D eigenvalue weighted by atomic mass is 9.98. The van der Waals surface area contributed by atoms with Crippen molar-refractivity contribution in [3.8, 4) is 11.1 Å². The van der Waals surface area contributed by atoms with Crippen molar-refractivity contribution in [3.05, 3.63) is 107 Å². The molecule has 0 unspecified atom stereocenters. The molecule has 0 aliphatic heterocycles. The van der Waals surface area contributed by atoms with Crippen LogP contribution in [0.25, 0.3) is 11.1 Å². The summed E-state index contributed by atoms with van der Waals surface area (Å²) in [5.74, 6) is -1.74. The number of benzene rings is 3. The molecule has 0 bridgehead atoms. The minimum atomic E-state index is -1.13. The van der Waals surface area contributed by atoms with Crippen LogP contribution >= 0.6 is 11.3 Å². The van der Waals surface area contributed by atoms with E-state index in [-0.39, 0.29) is 29.9 Å². The summed E-state index contributed by atoms with van der Waals surface area (Å²) in [5, 5.41) is 13.5. The molecule has 0 radical (unpaired) electrons. The van der Waals surface area contributed by atoms with Crippen molar-refractivity contribution in [1.82, 2.24) is 9.88 Å². The number of nitrogens with one attached hydrogen (secondary N) is 1. The maximum absolute atomic E-state index is 13.0. The smallest absolute Gasteiger partial charge is 0.413 e. The van der Waals surface area contributed by atoms with Crippen LogP contribution in [0.2, 0.25) is 0 Å². The third-order valence-electron chi connectivity index (χ3n) is 6.11. The molecule has 9 heteroatoms. The molecule has 0 saturated carbocycles. The number of amides is 2. The number of hydrogen-bond donors (Lipinski definition) is 2. The molecule has 0 atom stereocenters. The van der Waals surface area contributed by atoms with Gasteiger partial charge in [-0.05, 0) is 27.8 Å². The van der Waals surface area contributed by atoms with Gasteiger partial charge in [-0.3, -0.25) is 14.9 Å². The van der Waals surface area contributed by atoms with Gasteiger partial charge in [0.05, 0.1) is 0 Å². The maximum Gasteiger partial charge on any atom is 0.413 e. The fourth-order valence-corrected chi connectivity index (χ4v) is 5.15. The molecule has 1 aliphatic rings. The second-order valence-electron chi connectivity index (χ2n) is 8.53. The number of aromatic nitrogens is 1. The molecule has 2 N–H and O–H groups in total. The number of nitrogens with zero attached hydrogens (tertiary/aromatic N) is 2. The van der Waals surface area contributed by atoms with Gasteiger partial charge in [-0.25, -0.2) is 9.78 Å². The predicted octanol–water partition coefficient (Wildman–Crippen LogP) is 5.23. The number of carbonyl (C=O) groups excluding carboxylic acids is 2. The Morgan fingerprint density at radius 2 is 1.54 bits per heavy atom. The van der Waals surface area contributed by atoms with Crippen LogP contribution in [0.1, 0.15) is 33.1 Å². The van der Waals surface area contributed by atoms with Gasteiger partial charge in [-0.1, -0.05) is 78.9 Å². The summed E-state index contributed by atoms with van der Waals surface area (Å²) in [6.45, 7) is -0.195. The zero-order valence-electron chi connectivity index (χ0n) is 19.7. The van der Waals surface area contributed by atoms with Gasteiger partial charge in [-0.15, -0.1) is 11.3 Å². The lowest BCUT2D eigenvalue weighted by Crippen LogP contribution is -2.35. The fraction of sp³-hybridized carbons (Fsp3) is 0.143. The van der Waals surface area contributed by atoms with Crippen LogP contribution in [0.15, 0.2) is 84.2 Å². The van der Waals surface area contributed by atoms with E-state index in [1.165, 1.54) is 10.3 Å². The molecular formula is C28H23N3O5S. The molecule has 1 aromatic heterocycles. The highest BCUT2D eigenvalue weighted by Gasteiger charge is 2.29. The third kappa shape index (κ3) is 5.36. The summed E-state index contributed by atoms with van der Waals surface area (Å²) in [5.41, 5.74) is 5.33. The van der Waals surface area contributed by atoms with Crippen LogP contribution in [-0.2, 0) is 16.1 Å². The average molecular weight is 514 g/mol. The molecule has 0 spiro atoms. The molecule has 3 aromatic carbocycles. The lowest BCUT2D eigenvalue weighted by Gasteiger charge is -2.19. The number of rotatable bonds is 8. The highest BCUT2D eigenvalue weighted by atomic mass is 32.1. The molecule has 1 heterocycles. The first kappa shape index (κ1) is 24.2. The van der Waals surface area contributed by atoms with E-state index in [0.717, 1.165) is 39.2 Å². The molecule has 186 valence electrons. The normalized spacial score (nSPS) is 11.9. The first-order valence-corrected chi connectivity index (χ1v) is 12.5. The van der Waals surface area contributed by atoms with Crippen LogP contribution in [-0.4, -0.2) is 46.1 Å². The van der Waals surface area contributed by atoms with E-state index in [4.69, 9.17) is 4.74 Å². The highest BCUT2D eigenvalue weighted by Crippen LogP contribution is 2.44. The molecule has 0 fully saturated rings. The Hall–Kier alpha value is -4.50. The number of aliphatic carboxylic acids is 1. The van der Waals surface area contributed by atoms with Crippen molar-refractivity contribution in [1.29, 1.82) is 0 Å². The van der Waals surface area contributed by atoms with E-state index in [0.29, 0.717) is 0 Å². The van der Waals surface area contributed by atoms with Crippen LogP contribution in [0.3, 0.4) is 0 Å². The number of carboxylic acids is 1. The minimum absolute atomic E-state index is 0.0520. The molecule has 0 saturated heterocycles. The van der Waals surface area contributed by atoms with Gasteiger partial charge in [0.2, 0.25) is 0 Å². The quantitative estimate of drug-likeness (QED) is 0.334. The molecule has 5 rings (SSSR count). The molecule has 8 nitrogen and oxygen atoms in total. The van der Waals surface area contributed by atoms with Crippen molar-refractivity contribution >= 4 is 34.4 Å². The van der Waals surface area contributed by atoms with Crippen molar-refractivity contribution in [2.24, 2.45) is 0 Å². The second kappa shape index (κ2) is 10.6. The Kier molecular flexibility index (Phi) is 6.96. The van der Waals surface area contributed by atoms with Gasteiger partial charge in [-0.2, -0.15) is 0 Å². The van der Waals surface area contributed by atoms with Gasteiger partial charge >= 0.3 is 12.1 Å². The number of carboxylic acid groups (broad SMARTS) is 1. The SMILES string of the molecule is O=C(O)CN(Cc1ccccc1)C(=O)c1csc(NC(=O)OCC2c3ccccc3-c3ccccc32)n1. The average Bonchev–Trinajstić information content (AvgIpc) is 3.49. The van der Waals surface area contributed by atoms with Gasteiger partial charge in [0.25, 0.3) is 5.91 Å². The standard InChI is InChI=1S/C28H23N3O5S/c32-25(33)15-31(14-18-8-2-1-3-9-18)26(34)24-17-37-27(29-24)30-28(35)36-16-23-21-12-6-4-10-19(21)20-11-5-7-13-22(20)23/h1-13,17,23H,14-16H2,(H,32,33)(H,29,30,35). The summed E-state index contributed by atoms with van der Waals surface area (Å²) in [6.07, 6.45) is -0.679. The minimum Gasteiger partial charge on any atom is -0.480 e. The second-order valence-corrected chi connectivity index (χ2v) is 9.39. The number of anilines is 1. The lowest BCUT2D eigenvalue weighted by molar-refractivity contribution is -0.137. The van der Waals surface area contributed by atoms with E-state index in [1.807, 2.05) is 66.7 Å². The van der Waals surface area contributed by atoms with Crippen molar-refractivity contribution in [2.45, 2.75) is 12.5 Å². The van der Waals surface area contributed by atoms with Crippen molar-refractivity contribution in [3.63, 3.8) is 0 Å². The van der Waals surface area contributed by atoms with Gasteiger partial charge in [0.15, 0.2) is 5.13 Å². The van der Waals surface area contributed by atoms with Crippen LogP contribution in [0, 0.1) is 0 Å². The molecular weight excluding hydrogens is 490 g/mol. The monoisotopic (exact) mass is 513 g/mol. The first-order valence-electron chi connectivity index (χ1n) is 11.6. The fourth-order valence-electron chi connectivity index (χ4n) is 4.48. The summed E-state index contributed by atoms with van der Waals surface area (Å²) in [4.78, 5) is 42.3. The van der Waals surface area contributed by atoms with Gasteiger partial charge < -0.3 is 14.7 Å². The van der Waals surface area contributed by atoms with Crippen LogP contribution in [0.4, 0.5) is 9.93 Å². The number of hydrogen-bond acceptors (Lipinski definition) is 6. The van der Waals surface area contributed by atoms with Gasteiger partial charge in [0, 0.05) is 17.8 Å². The first-order chi connectivity index (χ1) is 18.0. The van der Waals surface area contributed by atoms with E-state index >= 15 is 0 Å².